The Morgan fingerprint density at radius 1 is 1.07 bits per heavy atom. The molecule has 0 aromatic heterocycles. The van der Waals surface area contributed by atoms with E-state index in [1.165, 1.54) is 25.7 Å². The molecule has 3 aliphatic rings. The van der Waals surface area contributed by atoms with Crippen molar-refractivity contribution in [3.8, 4) is 5.75 Å². The van der Waals surface area contributed by atoms with E-state index in [0.29, 0.717) is 43.4 Å². The Bertz CT molecular complexity index is 1310. The van der Waals surface area contributed by atoms with E-state index in [1.54, 1.807) is 0 Å². The summed E-state index contributed by atoms with van der Waals surface area (Å²) in [5, 5.41) is 26.3. The van der Waals surface area contributed by atoms with Crippen molar-refractivity contribution < 1.29 is 24.5 Å². The number of nitrogens with one attached hydrogen (secondary N) is 2. The van der Waals surface area contributed by atoms with E-state index in [1.807, 2.05) is 69.3 Å². The zero-order valence-electron chi connectivity index (χ0n) is 27.8. The quantitative estimate of drug-likeness (QED) is 0.241. The number of benzene rings is 2. The van der Waals surface area contributed by atoms with Gasteiger partial charge in [-0.3, -0.25) is 14.5 Å². The number of piperidine rings is 1. The minimum absolute atomic E-state index is 0.0603. The molecule has 7 atom stereocenters. The number of carbonyl (C=O) groups is 2. The van der Waals surface area contributed by atoms with Crippen LogP contribution in [0.3, 0.4) is 0 Å². The summed E-state index contributed by atoms with van der Waals surface area (Å²) in [6.45, 7) is 7.60. The van der Waals surface area contributed by atoms with Crippen molar-refractivity contribution in [1.29, 1.82) is 0 Å². The molecule has 0 bridgehead atoms. The third-order valence-electron chi connectivity index (χ3n) is 10.00. The van der Waals surface area contributed by atoms with Gasteiger partial charge in [-0.15, -0.1) is 0 Å². The molecule has 0 unspecified atom stereocenters. The fourth-order valence-electron chi connectivity index (χ4n) is 7.84. The third kappa shape index (κ3) is 8.88. The fourth-order valence-corrected chi connectivity index (χ4v) is 7.84. The largest absolute Gasteiger partial charge is 0.491 e. The fraction of sp³-hybridized carbons (Fsp3) is 0.622. The van der Waals surface area contributed by atoms with Gasteiger partial charge in [0.25, 0.3) is 0 Å². The van der Waals surface area contributed by atoms with Gasteiger partial charge in [-0.2, -0.15) is 0 Å². The predicted molar refractivity (Wildman–Crippen MR) is 179 cm³/mol. The number of aliphatic hydroxyl groups is 2. The van der Waals surface area contributed by atoms with Crippen LogP contribution >= 0.6 is 0 Å². The lowest BCUT2D eigenvalue weighted by atomic mass is 9.72. The van der Waals surface area contributed by atoms with E-state index < -0.39 is 18.1 Å². The van der Waals surface area contributed by atoms with Gasteiger partial charge in [-0.1, -0.05) is 55.7 Å². The summed E-state index contributed by atoms with van der Waals surface area (Å²) in [5.74, 6) is 1.30. The number of aliphatic hydroxyl groups excluding tert-OH is 2. The number of nitrogens with zero attached hydrogens (tertiary/aromatic N) is 1. The highest BCUT2D eigenvalue weighted by Crippen LogP contribution is 2.39. The first-order chi connectivity index (χ1) is 22.0. The van der Waals surface area contributed by atoms with E-state index in [2.05, 4.69) is 15.5 Å². The van der Waals surface area contributed by atoms with Crippen molar-refractivity contribution in [1.82, 2.24) is 15.5 Å². The van der Waals surface area contributed by atoms with Gasteiger partial charge in [0.2, 0.25) is 11.8 Å². The van der Waals surface area contributed by atoms with Crippen molar-refractivity contribution in [2.45, 2.75) is 102 Å². The molecule has 9 heteroatoms. The monoisotopic (exact) mass is 634 g/mol. The zero-order chi connectivity index (χ0) is 32.8. The van der Waals surface area contributed by atoms with Gasteiger partial charge in [-0.05, 0) is 87.1 Å². The second-order valence-electron chi connectivity index (χ2n) is 14.8. The number of nitrogens with two attached hydrogens (primary N) is 1. The Hall–Kier alpha value is -2.98. The predicted octanol–water partition coefficient (Wildman–Crippen LogP) is 3.50. The smallest absolute Gasteiger partial charge is 0.237 e. The number of fused-ring (bicyclic) bond motifs is 2. The minimum Gasteiger partial charge on any atom is -0.491 e. The van der Waals surface area contributed by atoms with E-state index in [4.69, 9.17) is 15.6 Å². The lowest BCUT2D eigenvalue weighted by Gasteiger charge is -2.46. The molecule has 46 heavy (non-hydrogen) atoms. The Labute approximate surface area is 274 Å². The first-order valence-electron chi connectivity index (χ1n) is 17.2. The number of carbonyl (C=O) groups excluding carboxylic acids is 2. The minimum atomic E-state index is -0.683. The summed E-state index contributed by atoms with van der Waals surface area (Å²) in [4.78, 5) is 29.9. The molecule has 2 amide bonds. The summed E-state index contributed by atoms with van der Waals surface area (Å²) >= 11 is 0. The number of likely N-dealkylation sites (tertiary alicyclic amines) is 1. The molecular weight excluding hydrogens is 580 g/mol. The standard InChI is InChI=1S/C37H54N4O5/c1-37(2,3)40-36(45)32-20-25-8-4-5-10-27(25)22-41(32)23-29(38)19-28(18-24-12-14-30(15-13-24)46-17-16-42)35(44)39-34-31-11-7-6-9-26(31)21-33(34)43/h6-7,9,11-15,25,27-29,32-34,42-43H,4-5,8,10,16-23,38H2,1-3H3,(H,39,44)(H,40,45)/t25-,27+,28-,29-,32-,33+,34-/m0/s1. The van der Waals surface area contributed by atoms with E-state index in [9.17, 15) is 14.7 Å². The van der Waals surface area contributed by atoms with Crippen molar-refractivity contribution in [2.75, 3.05) is 26.3 Å². The molecule has 1 heterocycles. The van der Waals surface area contributed by atoms with Gasteiger partial charge in [0.05, 0.1) is 24.8 Å². The highest BCUT2D eigenvalue weighted by atomic mass is 16.5. The number of amides is 2. The van der Waals surface area contributed by atoms with Crippen LogP contribution < -0.4 is 21.1 Å². The van der Waals surface area contributed by atoms with Crippen molar-refractivity contribution in [2.24, 2.45) is 23.5 Å². The van der Waals surface area contributed by atoms with Gasteiger partial charge in [0.15, 0.2) is 0 Å². The number of hydrogen-bond donors (Lipinski definition) is 5. The van der Waals surface area contributed by atoms with Crippen molar-refractivity contribution in [3.63, 3.8) is 0 Å². The lowest BCUT2D eigenvalue weighted by Crippen LogP contribution is -2.59. The maximum Gasteiger partial charge on any atom is 0.237 e. The molecule has 1 saturated heterocycles. The Morgan fingerprint density at radius 3 is 2.50 bits per heavy atom. The summed E-state index contributed by atoms with van der Waals surface area (Å²) in [6.07, 6.45) is 6.45. The molecule has 2 aromatic rings. The van der Waals surface area contributed by atoms with Gasteiger partial charge < -0.3 is 31.3 Å². The molecule has 2 aromatic carbocycles. The molecule has 0 spiro atoms. The van der Waals surface area contributed by atoms with Crippen LogP contribution in [0.5, 0.6) is 5.75 Å². The summed E-state index contributed by atoms with van der Waals surface area (Å²) in [7, 11) is 0. The molecule has 1 saturated carbocycles. The topological polar surface area (TPSA) is 137 Å². The molecule has 2 fully saturated rings. The van der Waals surface area contributed by atoms with Crippen LogP contribution in [0.2, 0.25) is 0 Å². The molecule has 9 nitrogen and oxygen atoms in total. The molecular formula is C37H54N4O5. The maximum absolute atomic E-state index is 14.0. The van der Waals surface area contributed by atoms with Crippen LogP contribution in [0.25, 0.3) is 0 Å². The van der Waals surface area contributed by atoms with Gasteiger partial charge >= 0.3 is 0 Å². The number of hydrogen-bond acceptors (Lipinski definition) is 7. The van der Waals surface area contributed by atoms with Crippen molar-refractivity contribution in [3.05, 3.63) is 65.2 Å². The van der Waals surface area contributed by atoms with E-state index in [-0.39, 0.29) is 42.7 Å². The van der Waals surface area contributed by atoms with E-state index >= 15 is 0 Å². The Kier molecular flexibility index (Phi) is 11.4. The molecule has 2 aliphatic carbocycles. The second-order valence-corrected chi connectivity index (χ2v) is 14.8. The van der Waals surface area contributed by atoms with E-state index in [0.717, 1.165) is 29.7 Å². The van der Waals surface area contributed by atoms with Crippen LogP contribution in [0, 0.1) is 17.8 Å². The van der Waals surface area contributed by atoms with Gasteiger partial charge in [0, 0.05) is 37.0 Å². The van der Waals surface area contributed by atoms with Crippen molar-refractivity contribution >= 4 is 11.8 Å². The highest BCUT2D eigenvalue weighted by Gasteiger charge is 2.41. The molecule has 0 radical (unpaired) electrons. The van der Waals surface area contributed by atoms with Crippen LogP contribution in [-0.4, -0.2) is 77.0 Å². The zero-order valence-corrected chi connectivity index (χ0v) is 27.8. The number of rotatable bonds is 12. The molecule has 6 N–H and O–H groups in total. The summed E-state index contributed by atoms with van der Waals surface area (Å²) < 4.78 is 5.53. The van der Waals surface area contributed by atoms with Crippen LogP contribution in [0.1, 0.15) is 82.0 Å². The molecule has 252 valence electrons. The van der Waals surface area contributed by atoms with Crippen LogP contribution in [-0.2, 0) is 22.4 Å². The average Bonchev–Trinajstić information content (AvgIpc) is 3.33. The highest BCUT2D eigenvalue weighted by molar-refractivity contribution is 5.82. The Balaban J connectivity index is 1.32. The molecule has 1 aliphatic heterocycles. The lowest BCUT2D eigenvalue weighted by molar-refractivity contribution is -0.132. The third-order valence-corrected chi connectivity index (χ3v) is 10.00. The normalized spacial score (nSPS) is 26.0. The summed E-state index contributed by atoms with van der Waals surface area (Å²) in [6, 6.07) is 14.4. The Morgan fingerprint density at radius 2 is 1.78 bits per heavy atom. The SMILES string of the molecule is CC(C)(C)NC(=O)[C@@H]1C[C@@H]2CCCC[C@@H]2CN1C[C@@H](N)C[C@H](Cc1ccc(OCCO)cc1)C(=O)N[C@H]1c2ccccc2C[C@H]1O. The number of ether oxygens (including phenoxy) is 1. The average molecular weight is 635 g/mol. The first-order valence-corrected chi connectivity index (χ1v) is 17.2. The first kappa shape index (κ1) is 34.4. The molecule has 5 rings (SSSR count). The second kappa shape index (κ2) is 15.3. The van der Waals surface area contributed by atoms with Crippen LogP contribution in [0.4, 0.5) is 0 Å². The van der Waals surface area contributed by atoms with Gasteiger partial charge in [0.1, 0.15) is 12.4 Å². The maximum atomic E-state index is 14.0. The van der Waals surface area contributed by atoms with Gasteiger partial charge in [-0.25, -0.2) is 0 Å². The summed E-state index contributed by atoms with van der Waals surface area (Å²) in [5.41, 5.74) is 9.56. The van der Waals surface area contributed by atoms with Crippen LogP contribution in [0.15, 0.2) is 48.5 Å².